The van der Waals surface area contributed by atoms with Gasteiger partial charge >= 0.3 is 7.32 Å². The Morgan fingerprint density at radius 1 is 1.09 bits per heavy atom. The van der Waals surface area contributed by atoms with Gasteiger partial charge in [-0.2, -0.15) is 0 Å². The van der Waals surface area contributed by atoms with Gasteiger partial charge in [-0.25, -0.2) is 0 Å². The Morgan fingerprint density at radius 3 is 2.13 bits per heavy atom. The maximum Gasteiger partial charge on any atom is 0.713 e. The molecule has 0 atom stereocenters. The third-order valence-corrected chi connectivity index (χ3v) is 8.09. The molecule has 23 heavy (non-hydrogen) atoms. The first-order valence-corrected chi connectivity index (χ1v) is 11.5. The Hall–Kier alpha value is -1.04. The normalized spacial score (nSPS) is 20.7. The van der Waals surface area contributed by atoms with Crippen molar-refractivity contribution in [3.8, 4) is 0 Å². The zero-order valence-electron chi connectivity index (χ0n) is 15.5. The van der Waals surface area contributed by atoms with Crippen molar-refractivity contribution < 1.29 is 14.0 Å². The summed E-state index contributed by atoms with van der Waals surface area (Å²) in [5.41, 5.74) is -0.730. The van der Waals surface area contributed by atoms with Crippen molar-refractivity contribution >= 4 is 20.6 Å². The third kappa shape index (κ3) is 4.28. The van der Waals surface area contributed by atoms with E-state index in [9.17, 15) is 0 Å². The van der Waals surface area contributed by atoms with Crippen LogP contribution in [-0.2, 0) is 14.0 Å². The first-order chi connectivity index (χ1) is 10.5. The number of allylic oxidation sites excluding steroid dienone is 2. The van der Waals surface area contributed by atoms with Gasteiger partial charge in [0.05, 0.1) is 25.0 Å². The molecular weight excluding hydrogens is 303 g/mol. The smallest absolute Gasteiger partial charge is 0.516 e. The molecule has 5 heteroatoms. The largest absolute Gasteiger partial charge is 0.713 e. The Kier molecular flexibility index (Phi) is 5.14. The molecule has 0 amide bonds. The lowest BCUT2D eigenvalue weighted by atomic mass is 9.90. The standard InChI is InChI=1S/C18H29BO3Si/c1-15(20-19-21-17(2,3)18(4,5)22-19)13-14-23(6,7)16-11-9-8-10-12-16/h8-13H,14H2,1-7H3/b15-13-. The molecule has 1 heterocycles. The van der Waals surface area contributed by atoms with Crippen LogP contribution in [0.2, 0.25) is 19.1 Å². The summed E-state index contributed by atoms with van der Waals surface area (Å²) in [5.74, 6) is 0.861. The van der Waals surface area contributed by atoms with Crippen molar-refractivity contribution in [1.82, 2.24) is 0 Å². The number of hydrogen-bond donors (Lipinski definition) is 0. The highest BCUT2D eigenvalue weighted by Crippen LogP contribution is 2.37. The summed E-state index contributed by atoms with van der Waals surface area (Å²) in [5, 5.41) is 1.46. The Balaban J connectivity index is 1.97. The maximum atomic E-state index is 5.88. The van der Waals surface area contributed by atoms with Gasteiger partial charge in [-0.05, 0) is 40.7 Å². The molecule has 0 saturated carbocycles. The van der Waals surface area contributed by atoms with Crippen LogP contribution >= 0.6 is 0 Å². The van der Waals surface area contributed by atoms with Crippen LogP contribution in [0.25, 0.3) is 0 Å². The molecule has 1 fully saturated rings. The summed E-state index contributed by atoms with van der Waals surface area (Å²) >= 11 is 0. The average molecular weight is 332 g/mol. The quantitative estimate of drug-likeness (QED) is 0.600. The van der Waals surface area contributed by atoms with Crippen molar-refractivity contribution in [2.45, 2.75) is 65.0 Å². The van der Waals surface area contributed by atoms with Crippen LogP contribution in [0.3, 0.4) is 0 Å². The van der Waals surface area contributed by atoms with Gasteiger partial charge in [0, 0.05) is 0 Å². The second kappa shape index (κ2) is 6.46. The van der Waals surface area contributed by atoms with E-state index in [1.807, 2.05) is 34.6 Å². The highest BCUT2D eigenvalue weighted by molar-refractivity contribution is 6.90. The van der Waals surface area contributed by atoms with Crippen LogP contribution in [0.4, 0.5) is 0 Å². The summed E-state index contributed by atoms with van der Waals surface area (Å²) in [6.45, 7) is 14.8. The molecule has 3 nitrogen and oxygen atoms in total. The summed E-state index contributed by atoms with van der Waals surface area (Å²) in [6, 6.07) is 11.8. The van der Waals surface area contributed by atoms with Crippen LogP contribution < -0.4 is 5.19 Å². The molecule has 1 saturated heterocycles. The summed E-state index contributed by atoms with van der Waals surface area (Å²) < 4.78 is 17.6. The van der Waals surface area contributed by atoms with Crippen LogP contribution in [-0.4, -0.2) is 26.6 Å². The SMILES string of the molecule is C/C(=C/C[Si](C)(C)c1ccccc1)OB1OC(C)(C)C(C)(C)O1. The average Bonchev–Trinajstić information content (AvgIpc) is 2.65. The van der Waals surface area contributed by atoms with Gasteiger partial charge in [-0.15, -0.1) is 0 Å². The Morgan fingerprint density at radius 2 is 1.61 bits per heavy atom. The van der Waals surface area contributed by atoms with Crippen LogP contribution in [0.1, 0.15) is 34.6 Å². The molecule has 0 aromatic heterocycles. The fourth-order valence-electron chi connectivity index (χ4n) is 2.44. The van der Waals surface area contributed by atoms with Crippen LogP contribution in [0.15, 0.2) is 42.2 Å². The Bertz CT molecular complexity index is 551. The number of hydrogen-bond acceptors (Lipinski definition) is 3. The predicted octanol–water partition coefficient (Wildman–Crippen LogP) is 4.11. The monoisotopic (exact) mass is 332 g/mol. The summed E-state index contributed by atoms with van der Waals surface area (Å²) in [6.07, 6.45) is 2.17. The molecule has 1 aliphatic rings. The lowest BCUT2D eigenvalue weighted by Crippen LogP contribution is -2.41. The van der Waals surface area contributed by atoms with Crippen LogP contribution in [0, 0.1) is 0 Å². The van der Waals surface area contributed by atoms with E-state index >= 15 is 0 Å². The Labute approximate surface area is 142 Å². The molecule has 0 unspecified atom stereocenters. The van der Waals surface area contributed by atoms with Crippen molar-refractivity contribution in [2.75, 3.05) is 0 Å². The summed E-state index contributed by atoms with van der Waals surface area (Å²) in [4.78, 5) is 0. The van der Waals surface area contributed by atoms with Gasteiger partial charge in [-0.3, -0.25) is 0 Å². The van der Waals surface area contributed by atoms with E-state index in [0.717, 1.165) is 11.8 Å². The lowest BCUT2D eigenvalue weighted by molar-refractivity contribution is 0.00578. The van der Waals surface area contributed by atoms with Gasteiger partial charge < -0.3 is 14.0 Å². The zero-order chi connectivity index (χ0) is 17.3. The van der Waals surface area contributed by atoms with E-state index < -0.39 is 15.4 Å². The highest BCUT2D eigenvalue weighted by atomic mass is 28.3. The molecule has 1 aromatic carbocycles. The van der Waals surface area contributed by atoms with Crippen LogP contribution in [0.5, 0.6) is 0 Å². The van der Waals surface area contributed by atoms with Crippen molar-refractivity contribution in [2.24, 2.45) is 0 Å². The topological polar surface area (TPSA) is 27.7 Å². The van der Waals surface area contributed by atoms with E-state index in [1.165, 1.54) is 5.19 Å². The molecule has 126 valence electrons. The van der Waals surface area contributed by atoms with Crippen molar-refractivity contribution in [1.29, 1.82) is 0 Å². The minimum atomic E-state index is -1.49. The van der Waals surface area contributed by atoms with E-state index in [2.05, 4.69) is 49.5 Å². The third-order valence-electron chi connectivity index (χ3n) is 4.97. The molecule has 0 bridgehead atoms. The molecule has 1 aliphatic heterocycles. The van der Waals surface area contributed by atoms with Gasteiger partial charge in [-0.1, -0.05) is 54.7 Å². The highest BCUT2D eigenvalue weighted by Gasteiger charge is 2.54. The molecule has 1 aromatic rings. The molecule has 0 aliphatic carbocycles. The summed E-state index contributed by atoms with van der Waals surface area (Å²) in [7, 11) is -2.12. The van der Waals surface area contributed by atoms with Gasteiger partial charge in [0.25, 0.3) is 0 Å². The van der Waals surface area contributed by atoms with E-state index in [4.69, 9.17) is 14.0 Å². The number of benzene rings is 1. The fraction of sp³-hybridized carbons (Fsp3) is 0.556. The van der Waals surface area contributed by atoms with E-state index in [-0.39, 0.29) is 11.2 Å². The van der Waals surface area contributed by atoms with Crippen molar-refractivity contribution in [3.63, 3.8) is 0 Å². The second-order valence-electron chi connectivity index (χ2n) is 7.93. The van der Waals surface area contributed by atoms with Crippen molar-refractivity contribution in [3.05, 3.63) is 42.2 Å². The predicted molar refractivity (Wildman–Crippen MR) is 99.3 cm³/mol. The van der Waals surface area contributed by atoms with Gasteiger partial charge in [0.15, 0.2) is 0 Å². The molecule has 2 rings (SSSR count). The molecule has 0 radical (unpaired) electrons. The second-order valence-corrected chi connectivity index (χ2v) is 12.7. The molecule has 0 spiro atoms. The first kappa shape index (κ1) is 18.3. The van der Waals surface area contributed by atoms with Gasteiger partial charge in [0.2, 0.25) is 0 Å². The minimum absolute atomic E-state index is 0.365. The first-order valence-electron chi connectivity index (χ1n) is 8.28. The minimum Gasteiger partial charge on any atom is -0.516 e. The maximum absolute atomic E-state index is 5.88. The molecular formula is C18H29BO3Si. The lowest BCUT2D eigenvalue weighted by Gasteiger charge is -2.31. The number of rotatable bonds is 5. The van der Waals surface area contributed by atoms with E-state index in [1.54, 1.807) is 0 Å². The molecule has 0 N–H and O–H groups in total. The van der Waals surface area contributed by atoms with Gasteiger partial charge in [0.1, 0.15) is 0 Å². The van der Waals surface area contributed by atoms with E-state index in [0.29, 0.717) is 0 Å². The fourth-order valence-corrected chi connectivity index (χ4v) is 4.57. The zero-order valence-corrected chi connectivity index (χ0v) is 16.5.